The van der Waals surface area contributed by atoms with E-state index >= 15 is 0 Å². The maximum atomic E-state index is 10.5. The molecule has 3 heteroatoms. The molecule has 1 aliphatic carbocycles. The molecule has 1 saturated carbocycles. The van der Waals surface area contributed by atoms with Crippen molar-refractivity contribution < 1.29 is 9.84 Å². The zero-order valence-corrected chi connectivity index (χ0v) is 14.0. The molecule has 3 atom stereocenters. The van der Waals surface area contributed by atoms with Crippen molar-refractivity contribution in [1.29, 1.82) is 0 Å². The molecule has 2 rings (SSSR count). The fourth-order valence-electron chi connectivity index (χ4n) is 3.86. The third kappa shape index (κ3) is 3.55. The number of hydrogen-bond acceptors (Lipinski definition) is 3. The average molecular weight is 283 g/mol. The van der Waals surface area contributed by atoms with Crippen LogP contribution < -0.4 is 0 Å². The fourth-order valence-corrected chi connectivity index (χ4v) is 3.86. The number of morpholine rings is 1. The minimum absolute atomic E-state index is 0.0782. The fraction of sp³-hybridized carbons (Fsp3) is 1.00. The van der Waals surface area contributed by atoms with Crippen molar-refractivity contribution in [2.24, 2.45) is 11.3 Å². The SMILES string of the molecule is CCC(C)(C)C1CCC(O)C(N2CCOC(C)(C)C2)C1. The van der Waals surface area contributed by atoms with E-state index in [0.29, 0.717) is 11.5 Å². The summed E-state index contributed by atoms with van der Waals surface area (Å²) in [6.45, 7) is 14.1. The van der Waals surface area contributed by atoms with Gasteiger partial charge in [0.1, 0.15) is 0 Å². The highest BCUT2D eigenvalue weighted by Gasteiger charge is 2.41. The first-order valence-electron chi connectivity index (χ1n) is 8.31. The van der Waals surface area contributed by atoms with E-state index in [1.54, 1.807) is 0 Å². The summed E-state index contributed by atoms with van der Waals surface area (Å²) >= 11 is 0. The molecule has 2 aliphatic rings. The molecule has 0 amide bonds. The van der Waals surface area contributed by atoms with Crippen molar-refractivity contribution >= 4 is 0 Å². The molecule has 0 aromatic heterocycles. The van der Waals surface area contributed by atoms with Gasteiger partial charge in [0.25, 0.3) is 0 Å². The Balaban J connectivity index is 2.05. The zero-order chi connectivity index (χ0) is 15.0. The third-order valence-electron chi connectivity index (χ3n) is 5.72. The lowest BCUT2D eigenvalue weighted by molar-refractivity contribution is -0.122. The van der Waals surface area contributed by atoms with Crippen molar-refractivity contribution in [3.8, 4) is 0 Å². The summed E-state index contributed by atoms with van der Waals surface area (Å²) in [7, 11) is 0. The quantitative estimate of drug-likeness (QED) is 0.864. The first kappa shape index (κ1) is 16.3. The first-order valence-corrected chi connectivity index (χ1v) is 8.31. The summed E-state index contributed by atoms with van der Waals surface area (Å²) in [6.07, 6.45) is 4.32. The molecule has 20 heavy (non-hydrogen) atoms. The Labute approximate surface area is 124 Å². The minimum atomic E-state index is -0.159. The molecule has 0 aromatic rings. The molecular weight excluding hydrogens is 250 g/mol. The molecule has 1 heterocycles. The summed E-state index contributed by atoms with van der Waals surface area (Å²) in [6, 6.07) is 0.322. The normalized spacial score (nSPS) is 36.0. The van der Waals surface area contributed by atoms with Gasteiger partial charge in [-0.1, -0.05) is 27.2 Å². The molecule has 3 unspecified atom stereocenters. The van der Waals surface area contributed by atoms with Crippen molar-refractivity contribution in [1.82, 2.24) is 4.90 Å². The van der Waals surface area contributed by atoms with Crippen LogP contribution in [0.3, 0.4) is 0 Å². The number of aliphatic hydroxyl groups excluding tert-OH is 1. The molecule has 1 N–H and O–H groups in total. The van der Waals surface area contributed by atoms with E-state index in [1.165, 1.54) is 12.8 Å². The number of nitrogens with zero attached hydrogens (tertiary/aromatic N) is 1. The number of aliphatic hydroxyl groups is 1. The van der Waals surface area contributed by atoms with E-state index in [1.807, 2.05) is 0 Å². The largest absolute Gasteiger partial charge is 0.391 e. The highest BCUT2D eigenvalue weighted by Crippen LogP contribution is 2.42. The molecule has 1 aliphatic heterocycles. The lowest BCUT2D eigenvalue weighted by Crippen LogP contribution is -2.57. The third-order valence-corrected chi connectivity index (χ3v) is 5.72. The van der Waals surface area contributed by atoms with Gasteiger partial charge in [-0.3, -0.25) is 4.90 Å². The van der Waals surface area contributed by atoms with E-state index in [-0.39, 0.29) is 11.7 Å². The molecule has 1 saturated heterocycles. The first-order chi connectivity index (χ1) is 9.25. The van der Waals surface area contributed by atoms with Gasteiger partial charge < -0.3 is 9.84 Å². The zero-order valence-electron chi connectivity index (χ0n) is 14.0. The molecule has 0 bridgehead atoms. The lowest BCUT2D eigenvalue weighted by Gasteiger charge is -2.49. The van der Waals surface area contributed by atoms with Crippen molar-refractivity contribution in [3.05, 3.63) is 0 Å². The predicted octanol–water partition coefficient (Wildman–Crippen LogP) is 3.06. The summed E-state index contributed by atoms with van der Waals surface area (Å²) in [5.74, 6) is 0.729. The van der Waals surface area contributed by atoms with Crippen LogP contribution in [0.25, 0.3) is 0 Å². The molecule has 3 nitrogen and oxygen atoms in total. The molecule has 0 aromatic carbocycles. The second-order valence-electron chi connectivity index (χ2n) is 8.07. The van der Waals surface area contributed by atoms with Gasteiger partial charge >= 0.3 is 0 Å². The Kier molecular flexibility index (Phi) is 4.83. The van der Waals surface area contributed by atoms with Gasteiger partial charge in [-0.25, -0.2) is 0 Å². The summed E-state index contributed by atoms with van der Waals surface area (Å²) in [5.41, 5.74) is 0.311. The van der Waals surface area contributed by atoms with Crippen LogP contribution in [0.1, 0.15) is 60.3 Å². The summed E-state index contributed by atoms with van der Waals surface area (Å²) in [5, 5.41) is 10.5. The Hall–Kier alpha value is -0.120. The maximum Gasteiger partial charge on any atom is 0.0753 e. The Morgan fingerprint density at radius 1 is 1.30 bits per heavy atom. The number of rotatable bonds is 3. The van der Waals surface area contributed by atoms with E-state index in [4.69, 9.17) is 4.74 Å². The van der Waals surface area contributed by atoms with Crippen LogP contribution in [0.5, 0.6) is 0 Å². The standard InChI is InChI=1S/C17H33NO2/c1-6-16(2,3)13-7-8-15(19)14(11-13)18-9-10-20-17(4,5)12-18/h13-15,19H,6-12H2,1-5H3. The van der Waals surface area contributed by atoms with E-state index in [9.17, 15) is 5.11 Å². The van der Waals surface area contributed by atoms with Crippen LogP contribution in [0.4, 0.5) is 0 Å². The van der Waals surface area contributed by atoms with Crippen molar-refractivity contribution in [2.75, 3.05) is 19.7 Å². The van der Waals surface area contributed by atoms with Crippen LogP contribution in [0.15, 0.2) is 0 Å². The van der Waals surface area contributed by atoms with E-state index in [0.717, 1.165) is 38.5 Å². The number of hydrogen-bond donors (Lipinski definition) is 1. The van der Waals surface area contributed by atoms with Gasteiger partial charge in [0.05, 0.1) is 18.3 Å². The molecule has 2 fully saturated rings. The van der Waals surface area contributed by atoms with E-state index < -0.39 is 0 Å². The van der Waals surface area contributed by atoms with Gasteiger partial charge in [0, 0.05) is 19.1 Å². The lowest BCUT2D eigenvalue weighted by atomic mass is 9.67. The number of ether oxygens (including phenoxy) is 1. The Bertz CT molecular complexity index is 327. The maximum absolute atomic E-state index is 10.5. The highest BCUT2D eigenvalue weighted by molar-refractivity contribution is 4.94. The van der Waals surface area contributed by atoms with Gasteiger partial charge in [-0.2, -0.15) is 0 Å². The Morgan fingerprint density at radius 2 is 2.00 bits per heavy atom. The Morgan fingerprint density at radius 3 is 2.60 bits per heavy atom. The minimum Gasteiger partial charge on any atom is -0.391 e. The highest BCUT2D eigenvalue weighted by atomic mass is 16.5. The van der Waals surface area contributed by atoms with Crippen LogP contribution in [0, 0.1) is 11.3 Å². The smallest absolute Gasteiger partial charge is 0.0753 e. The monoisotopic (exact) mass is 283 g/mol. The van der Waals surface area contributed by atoms with Gasteiger partial charge in [0.15, 0.2) is 0 Å². The average Bonchev–Trinajstić information content (AvgIpc) is 2.37. The summed E-state index contributed by atoms with van der Waals surface area (Å²) in [4.78, 5) is 2.48. The van der Waals surface area contributed by atoms with Crippen LogP contribution in [-0.4, -0.2) is 47.4 Å². The van der Waals surface area contributed by atoms with Gasteiger partial charge in [-0.05, 0) is 44.4 Å². The molecule has 0 radical (unpaired) electrons. The predicted molar refractivity (Wildman–Crippen MR) is 82.8 cm³/mol. The second kappa shape index (κ2) is 5.94. The molecule has 118 valence electrons. The van der Waals surface area contributed by atoms with E-state index in [2.05, 4.69) is 39.5 Å². The van der Waals surface area contributed by atoms with Crippen molar-refractivity contribution in [2.45, 2.75) is 78.0 Å². The van der Waals surface area contributed by atoms with Crippen LogP contribution >= 0.6 is 0 Å². The van der Waals surface area contributed by atoms with Crippen molar-refractivity contribution in [3.63, 3.8) is 0 Å². The van der Waals surface area contributed by atoms with Crippen LogP contribution in [-0.2, 0) is 4.74 Å². The summed E-state index contributed by atoms with van der Waals surface area (Å²) < 4.78 is 5.81. The topological polar surface area (TPSA) is 32.7 Å². The molecule has 0 spiro atoms. The molecular formula is C17H33NO2. The second-order valence-corrected chi connectivity index (χ2v) is 8.07. The van der Waals surface area contributed by atoms with Gasteiger partial charge in [-0.15, -0.1) is 0 Å². The van der Waals surface area contributed by atoms with Crippen LogP contribution in [0.2, 0.25) is 0 Å². The van der Waals surface area contributed by atoms with Gasteiger partial charge in [0.2, 0.25) is 0 Å².